The standard InChI is InChI=1S/C26H26N6O/c1-3-4-5-10-15-31-17-27-24-22(26(31)33)23-25(30-21-14-9-8-13-20(21)29-23)32(24)28-16-19-12-7-6-11-18(19)2/h6-9,11-14,16-17H,3-5,10,15H2,1-2H3/b28-16-. The zero-order valence-electron chi connectivity index (χ0n) is 18.9. The Hall–Kier alpha value is -3.87. The van der Waals surface area contributed by atoms with Crippen molar-refractivity contribution in [1.82, 2.24) is 24.2 Å². The molecule has 7 nitrogen and oxygen atoms in total. The molecule has 0 aliphatic heterocycles. The minimum absolute atomic E-state index is 0.101. The van der Waals surface area contributed by atoms with E-state index < -0.39 is 0 Å². The number of benzene rings is 2. The fraction of sp³-hybridized carbons (Fsp3) is 0.269. The SMILES string of the molecule is CCCCCCn1cnc2c(c1=O)c1nc3ccccc3nc1n2/N=C\c1ccccc1C. The summed E-state index contributed by atoms with van der Waals surface area (Å²) in [6.45, 7) is 4.85. The summed E-state index contributed by atoms with van der Waals surface area (Å²) in [5, 5.41) is 5.16. The van der Waals surface area contributed by atoms with E-state index in [9.17, 15) is 4.79 Å². The molecule has 166 valence electrons. The highest BCUT2D eigenvalue weighted by atomic mass is 16.1. The lowest BCUT2D eigenvalue weighted by molar-refractivity contribution is 0.567. The van der Waals surface area contributed by atoms with Crippen molar-refractivity contribution in [2.24, 2.45) is 5.10 Å². The highest BCUT2D eigenvalue weighted by Crippen LogP contribution is 2.25. The Labute approximate surface area is 191 Å². The van der Waals surface area contributed by atoms with E-state index in [-0.39, 0.29) is 5.56 Å². The van der Waals surface area contributed by atoms with E-state index in [4.69, 9.17) is 15.1 Å². The van der Waals surface area contributed by atoms with Crippen LogP contribution in [0.2, 0.25) is 0 Å². The van der Waals surface area contributed by atoms with Crippen LogP contribution < -0.4 is 5.56 Å². The van der Waals surface area contributed by atoms with Crippen LogP contribution in [0.3, 0.4) is 0 Å². The molecule has 0 fully saturated rings. The first kappa shape index (κ1) is 21.0. The summed E-state index contributed by atoms with van der Waals surface area (Å²) in [6, 6.07) is 15.7. The minimum Gasteiger partial charge on any atom is -0.299 e. The zero-order valence-corrected chi connectivity index (χ0v) is 18.9. The van der Waals surface area contributed by atoms with Crippen molar-refractivity contribution >= 4 is 39.4 Å². The molecule has 0 N–H and O–H groups in total. The van der Waals surface area contributed by atoms with Crippen molar-refractivity contribution in [3.63, 3.8) is 0 Å². The molecule has 0 unspecified atom stereocenters. The average molecular weight is 439 g/mol. The normalized spacial score (nSPS) is 11.9. The maximum atomic E-state index is 13.5. The van der Waals surface area contributed by atoms with Crippen LogP contribution in [-0.4, -0.2) is 30.4 Å². The molecule has 5 rings (SSSR count). The van der Waals surface area contributed by atoms with E-state index >= 15 is 0 Å². The molecule has 0 amide bonds. The Morgan fingerprint density at radius 3 is 2.48 bits per heavy atom. The first-order valence-electron chi connectivity index (χ1n) is 11.4. The Bertz CT molecular complexity index is 1550. The van der Waals surface area contributed by atoms with Crippen molar-refractivity contribution in [2.45, 2.75) is 46.1 Å². The number of rotatable bonds is 7. The number of para-hydroxylation sites is 2. The van der Waals surface area contributed by atoms with Gasteiger partial charge in [0.2, 0.25) is 0 Å². The van der Waals surface area contributed by atoms with Crippen LogP contribution in [0, 0.1) is 6.92 Å². The summed E-state index contributed by atoms with van der Waals surface area (Å²) in [6.07, 6.45) is 7.75. The maximum Gasteiger partial charge on any atom is 0.265 e. The second-order valence-corrected chi connectivity index (χ2v) is 8.30. The van der Waals surface area contributed by atoms with Crippen LogP contribution in [0.1, 0.15) is 43.7 Å². The molecular formula is C26H26N6O. The molecule has 5 aromatic rings. The highest BCUT2D eigenvalue weighted by molar-refractivity contribution is 6.04. The van der Waals surface area contributed by atoms with Crippen LogP contribution >= 0.6 is 0 Å². The molecule has 0 radical (unpaired) electrons. The lowest BCUT2D eigenvalue weighted by Gasteiger charge is -2.05. The summed E-state index contributed by atoms with van der Waals surface area (Å²) in [5.74, 6) is 0. The lowest BCUT2D eigenvalue weighted by Crippen LogP contribution is -2.20. The van der Waals surface area contributed by atoms with Crippen molar-refractivity contribution in [3.8, 4) is 0 Å². The van der Waals surface area contributed by atoms with E-state index in [1.807, 2.05) is 55.5 Å². The molecule has 0 spiro atoms. The van der Waals surface area contributed by atoms with Gasteiger partial charge in [0.25, 0.3) is 5.56 Å². The van der Waals surface area contributed by atoms with Crippen LogP contribution in [0.4, 0.5) is 0 Å². The molecule has 0 saturated heterocycles. The van der Waals surface area contributed by atoms with Crippen LogP contribution in [-0.2, 0) is 6.54 Å². The van der Waals surface area contributed by atoms with Crippen LogP contribution in [0.5, 0.6) is 0 Å². The molecule has 0 aliphatic rings. The zero-order chi connectivity index (χ0) is 22.8. The van der Waals surface area contributed by atoms with Crippen molar-refractivity contribution in [1.29, 1.82) is 0 Å². The van der Waals surface area contributed by atoms with Gasteiger partial charge < -0.3 is 0 Å². The third kappa shape index (κ3) is 3.91. The summed E-state index contributed by atoms with van der Waals surface area (Å²) in [7, 11) is 0. The average Bonchev–Trinajstić information content (AvgIpc) is 3.14. The number of hydrogen-bond acceptors (Lipinski definition) is 5. The molecular weight excluding hydrogens is 412 g/mol. The van der Waals surface area contributed by atoms with E-state index in [1.165, 1.54) is 0 Å². The van der Waals surface area contributed by atoms with E-state index in [0.29, 0.717) is 28.7 Å². The van der Waals surface area contributed by atoms with E-state index in [2.05, 4.69) is 11.9 Å². The molecule has 0 bridgehead atoms. The van der Waals surface area contributed by atoms with Crippen molar-refractivity contribution < 1.29 is 0 Å². The Morgan fingerprint density at radius 2 is 1.70 bits per heavy atom. The quantitative estimate of drug-likeness (QED) is 0.263. The third-order valence-corrected chi connectivity index (χ3v) is 5.96. The van der Waals surface area contributed by atoms with E-state index in [1.54, 1.807) is 21.8 Å². The number of nitrogens with zero attached hydrogens (tertiary/aromatic N) is 6. The molecule has 0 aliphatic carbocycles. The fourth-order valence-electron chi connectivity index (χ4n) is 4.08. The molecule has 0 atom stereocenters. The Kier molecular flexibility index (Phi) is 5.69. The topological polar surface area (TPSA) is 78.0 Å². The summed E-state index contributed by atoms with van der Waals surface area (Å²) in [4.78, 5) is 27.7. The Balaban J connectivity index is 1.72. The van der Waals surface area contributed by atoms with Gasteiger partial charge in [0.15, 0.2) is 11.3 Å². The van der Waals surface area contributed by atoms with E-state index in [0.717, 1.165) is 47.8 Å². The van der Waals surface area contributed by atoms with Gasteiger partial charge >= 0.3 is 0 Å². The van der Waals surface area contributed by atoms with Crippen molar-refractivity contribution in [3.05, 3.63) is 76.3 Å². The largest absolute Gasteiger partial charge is 0.299 e. The summed E-state index contributed by atoms with van der Waals surface area (Å²) in [5.41, 5.74) is 5.03. The van der Waals surface area contributed by atoms with Gasteiger partial charge in [0, 0.05) is 6.54 Å². The van der Waals surface area contributed by atoms with Crippen LogP contribution in [0.15, 0.2) is 64.8 Å². The highest BCUT2D eigenvalue weighted by Gasteiger charge is 2.19. The van der Waals surface area contributed by atoms with Gasteiger partial charge in [0.1, 0.15) is 10.9 Å². The summed E-state index contributed by atoms with van der Waals surface area (Å²) < 4.78 is 3.32. The first-order valence-corrected chi connectivity index (χ1v) is 11.4. The lowest BCUT2D eigenvalue weighted by atomic mass is 10.1. The van der Waals surface area contributed by atoms with Gasteiger partial charge in [-0.15, -0.1) is 0 Å². The maximum absolute atomic E-state index is 13.5. The number of unbranched alkanes of at least 4 members (excludes halogenated alkanes) is 3. The minimum atomic E-state index is -0.101. The number of aryl methyl sites for hydroxylation is 2. The third-order valence-electron chi connectivity index (χ3n) is 5.96. The van der Waals surface area contributed by atoms with Gasteiger partial charge in [-0.2, -0.15) is 9.78 Å². The van der Waals surface area contributed by atoms with Gasteiger partial charge in [0.05, 0.1) is 23.6 Å². The van der Waals surface area contributed by atoms with Crippen molar-refractivity contribution in [2.75, 3.05) is 0 Å². The predicted octanol–water partition coefficient (Wildman–Crippen LogP) is 5.07. The monoisotopic (exact) mass is 438 g/mol. The molecule has 33 heavy (non-hydrogen) atoms. The van der Waals surface area contributed by atoms with Crippen LogP contribution in [0.25, 0.3) is 33.2 Å². The number of aromatic nitrogens is 5. The molecule has 0 saturated carbocycles. The first-order chi connectivity index (χ1) is 16.2. The second-order valence-electron chi connectivity index (χ2n) is 8.30. The molecule has 3 heterocycles. The fourth-order valence-corrected chi connectivity index (χ4v) is 4.08. The number of hydrogen-bond donors (Lipinski definition) is 0. The smallest absolute Gasteiger partial charge is 0.265 e. The second kappa shape index (κ2) is 8.94. The number of fused-ring (bicyclic) bond motifs is 4. The Morgan fingerprint density at radius 1 is 0.939 bits per heavy atom. The molecule has 7 heteroatoms. The molecule has 2 aromatic carbocycles. The predicted molar refractivity (Wildman–Crippen MR) is 133 cm³/mol. The van der Waals surface area contributed by atoms with Gasteiger partial charge in [-0.05, 0) is 36.6 Å². The van der Waals surface area contributed by atoms with Gasteiger partial charge in [-0.1, -0.05) is 62.6 Å². The van der Waals surface area contributed by atoms with Gasteiger partial charge in [-0.3, -0.25) is 9.36 Å². The van der Waals surface area contributed by atoms with Gasteiger partial charge in [-0.25, -0.2) is 15.0 Å². The molecule has 3 aromatic heterocycles. The summed E-state index contributed by atoms with van der Waals surface area (Å²) >= 11 is 0.